The zero-order chi connectivity index (χ0) is 34.3. The Labute approximate surface area is 285 Å². The zero-order valence-electron chi connectivity index (χ0n) is 27.8. The Balaban J connectivity index is 0.000000339. The van der Waals surface area contributed by atoms with Crippen LogP contribution in [0.2, 0.25) is 10.0 Å². The fourth-order valence-corrected chi connectivity index (χ4v) is 4.19. The van der Waals surface area contributed by atoms with Crippen LogP contribution in [-0.4, -0.2) is 4.98 Å². The fraction of sp³-hybridized carbons (Fsp3) is 0.225. The van der Waals surface area contributed by atoms with Crippen molar-refractivity contribution in [2.45, 2.75) is 61.7 Å². The molecular formula is C40H44Cl2FNO2. The van der Waals surface area contributed by atoms with E-state index in [0.29, 0.717) is 34.8 Å². The third-order valence-electron chi connectivity index (χ3n) is 5.76. The van der Waals surface area contributed by atoms with Crippen LogP contribution in [-0.2, 0) is 13.2 Å². The molecule has 0 bridgehead atoms. The monoisotopic (exact) mass is 659 g/mol. The topological polar surface area (TPSA) is 31.4 Å². The second-order valence-electron chi connectivity index (χ2n) is 9.45. The van der Waals surface area contributed by atoms with Gasteiger partial charge in [0.25, 0.3) is 0 Å². The van der Waals surface area contributed by atoms with Crippen molar-refractivity contribution < 1.29 is 13.9 Å². The molecule has 6 heteroatoms. The van der Waals surface area contributed by atoms with Crippen LogP contribution in [0.1, 0.15) is 61.1 Å². The number of rotatable bonds is 6. The van der Waals surface area contributed by atoms with Crippen molar-refractivity contribution in [3.63, 3.8) is 0 Å². The van der Waals surface area contributed by atoms with E-state index in [4.69, 9.17) is 39.1 Å². The van der Waals surface area contributed by atoms with Crippen LogP contribution >= 0.6 is 23.2 Å². The predicted octanol–water partition coefficient (Wildman–Crippen LogP) is 12.0. The smallest absolute Gasteiger partial charge is 0.138 e. The number of halogens is 3. The van der Waals surface area contributed by atoms with Crippen LogP contribution in [0.25, 0.3) is 0 Å². The maximum absolute atomic E-state index is 12.9. The molecule has 0 saturated heterocycles. The third kappa shape index (κ3) is 15.6. The SMILES string of the molecule is C#Cc1cccc(C)c1.CC.CC.Cc1ccc(OCc2cccc(F)c2)c(Cl)c1.Cc1ccc(OCc2cccnc2)c(Cl)c1. The van der Waals surface area contributed by atoms with Gasteiger partial charge in [0.1, 0.15) is 30.5 Å². The number of pyridine rings is 1. The van der Waals surface area contributed by atoms with E-state index in [1.54, 1.807) is 18.5 Å². The van der Waals surface area contributed by atoms with Gasteiger partial charge in [0.15, 0.2) is 0 Å². The second kappa shape index (κ2) is 23.1. The van der Waals surface area contributed by atoms with Crippen LogP contribution in [0, 0.1) is 38.9 Å². The van der Waals surface area contributed by atoms with Crippen molar-refractivity contribution in [2.75, 3.05) is 0 Å². The van der Waals surface area contributed by atoms with Gasteiger partial charge in [-0.25, -0.2) is 4.39 Å². The Bertz CT molecular complexity index is 1620. The van der Waals surface area contributed by atoms with Crippen molar-refractivity contribution in [3.05, 3.63) is 159 Å². The van der Waals surface area contributed by atoms with Crippen LogP contribution in [0.3, 0.4) is 0 Å². The molecule has 0 atom stereocenters. The van der Waals surface area contributed by atoms with E-state index in [2.05, 4.69) is 10.9 Å². The van der Waals surface area contributed by atoms with Gasteiger partial charge < -0.3 is 9.47 Å². The van der Waals surface area contributed by atoms with Crippen molar-refractivity contribution in [1.82, 2.24) is 4.98 Å². The lowest BCUT2D eigenvalue weighted by atomic mass is 10.1. The molecule has 4 aromatic carbocycles. The average molecular weight is 661 g/mol. The van der Waals surface area contributed by atoms with Gasteiger partial charge in [0.05, 0.1) is 10.0 Å². The largest absolute Gasteiger partial charge is 0.487 e. The van der Waals surface area contributed by atoms with Gasteiger partial charge in [-0.05, 0) is 97.6 Å². The van der Waals surface area contributed by atoms with Gasteiger partial charge in [0.2, 0.25) is 0 Å². The molecule has 0 fully saturated rings. The molecule has 0 unspecified atom stereocenters. The van der Waals surface area contributed by atoms with Crippen LogP contribution in [0.15, 0.2) is 109 Å². The summed E-state index contributed by atoms with van der Waals surface area (Å²) in [6.45, 7) is 14.8. The highest BCUT2D eigenvalue weighted by Gasteiger charge is 2.03. The highest BCUT2D eigenvalue weighted by molar-refractivity contribution is 6.32. The van der Waals surface area contributed by atoms with E-state index >= 15 is 0 Å². The van der Waals surface area contributed by atoms with E-state index in [1.165, 1.54) is 17.7 Å². The summed E-state index contributed by atoms with van der Waals surface area (Å²) in [5.41, 5.74) is 6.17. The molecular weight excluding hydrogens is 616 g/mol. The molecule has 242 valence electrons. The summed E-state index contributed by atoms with van der Waals surface area (Å²) in [4.78, 5) is 4.02. The lowest BCUT2D eigenvalue weighted by molar-refractivity contribution is 0.305. The molecule has 0 aliphatic heterocycles. The summed E-state index contributed by atoms with van der Waals surface area (Å²) in [6.07, 6.45) is 8.69. The Morgan fingerprint density at radius 1 is 0.652 bits per heavy atom. The van der Waals surface area contributed by atoms with Gasteiger partial charge in [-0.1, -0.05) is 99.3 Å². The number of hydrogen-bond acceptors (Lipinski definition) is 3. The van der Waals surface area contributed by atoms with Crippen molar-refractivity contribution in [1.29, 1.82) is 0 Å². The first-order valence-electron chi connectivity index (χ1n) is 15.2. The summed E-state index contributed by atoms with van der Waals surface area (Å²) >= 11 is 12.1. The van der Waals surface area contributed by atoms with E-state index in [1.807, 2.05) is 127 Å². The number of aryl methyl sites for hydroxylation is 3. The highest BCUT2D eigenvalue weighted by Crippen LogP contribution is 2.27. The molecule has 0 spiro atoms. The summed E-state index contributed by atoms with van der Waals surface area (Å²) < 4.78 is 24.1. The van der Waals surface area contributed by atoms with Crippen molar-refractivity contribution in [2.24, 2.45) is 0 Å². The van der Waals surface area contributed by atoms with Gasteiger partial charge in [-0.15, -0.1) is 6.42 Å². The fourth-order valence-electron chi connectivity index (χ4n) is 3.61. The Morgan fingerprint density at radius 2 is 1.17 bits per heavy atom. The van der Waals surface area contributed by atoms with Crippen LogP contribution in [0.4, 0.5) is 4.39 Å². The van der Waals surface area contributed by atoms with E-state index in [-0.39, 0.29) is 5.82 Å². The first-order chi connectivity index (χ1) is 22.2. The van der Waals surface area contributed by atoms with Crippen molar-refractivity contribution in [3.8, 4) is 23.8 Å². The quantitative estimate of drug-likeness (QED) is 0.170. The summed E-state index contributed by atoms with van der Waals surface area (Å²) in [7, 11) is 0. The molecule has 0 aliphatic rings. The molecule has 5 aromatic rings. The van der Waals surface area contributed by atoms with Crippen molar-refractivity contribution >= 4 is 23.2 Å². The summed E-state index contributed by atoms with van der Waals surface area (Å²) in [5, 5.41) is 1.21. The Kier molecular flexibility index (Phi) is 19.9. The molecule has 1 aromatic heterocycles. The Morgan fingerprint density at radius 3 is 1.63 bits per heavy atom. The number of nitrogens with zero attached hydrogens (tertiary/aromatic N) is 1. The number of benzene rings is 4. The lowest BCUT2D eigenvalue weighted by Crippen LogP contribution is -1.96. The molecule has 5 rings (SSSR count). The number of aromatic nitrogens is 1. The maximum Gasteiger partial charge on any atom is 0.138 e. The van der Waals surface area contributed by atoms with E-state index in [0.717, 1.165) is 27.8 Å². The molecule has 0 saturated carbocycles. The number of hydrogen-bond donors (Lipinski definition) is 0. The van der Waals surface area contributed by atoms with Gasteiger partial charge in [-0.3, -0.25) is 4.98 Å². The minimum absolute atomic E-state index is 0.263. The Hall–Kier alpha value is -4.30. The number of terminal acetylenes is 1. The minimum atomic E-state index is -0.263. The van der Waals surface area contributed by atoms with Gasteiger partial charge >= 0.3 is 0 Å². The highest BCUT2D eigenvalue weighted by atomic mass is 35.5. The molecule has 3 nitrogen and oxygen atoms in total. The summed E-state index contributed by atoms with van der Waals surface area (Å²) in [6, 6.07) is 29.4. The molecule has 0 amide bonds. The average Bonchev–Trinajstić information content (AvgIpc) is 3.07. The number of ether oxygens (including phenoxy) is 2. The molecule has 0 radical (unpaired) electrons. The lowest BCUT2D eigenvalue weighted by Gasteiger charge is -2.08. The zero-order valence-corrected chi connectivity index (χ0v) is 29.3. The first kappa shape index (κ1) is 39.7. The van der Waals surface area contributed by atoms with E-state index in [9.17, 15) is 4.39 Å². The van der Waals surface area contributed by atoms with Crippen LogP contribution in [0.5, 0.6) is 11.5 Å². The minimum Gasteiger partial charge on any atom is -0.487 e. The normalized spacial score (nSPS) is 9.24. The predicted molar refractivity (Wildman–Crippen MR) is 193 cm³/mol. The molecule has 0 aliphatic carbocycles. The summed E-state index contributed by atoms with van der Waals surface area (Å²) in [5.74, 6) is 3.62. The van der Waals surface area contributed by atoms with Gasteiger partial charge in [0, 0.05) is 23.5 Å². The molecule has 0 N–H and O–H groups in total. The van der Waals surface area contributed by atoms with E-state index < -0.39 is 0 Å². The molecule has 46 heavy (non-hydrogen) atoms. The maximum atomic E-state index is 12.9. The standard InChI is InChI=1S/C14H12ClFO.C13H12ClNO.C9H8.2C2H6/c1-10-5-6-14(13(15)7-10)17-9-11-3-2-4-12(16)8-11;1-10-4-5-13(12(14)7-10)16-9-11-3-2-6-15-8-11;1-3-9-6-4-5-8(2)7-9;2*1-2/h2-8H,9H2,1H3;2-8H,9H2,1H3;1,4-7H,2H3;2*1-2H3. The first-order valence-corrected chi connectivity index (χ1v) is 15.9. The van der Waals surface area contributed by atoms with Gasteiger partial charge in [-0.2, -0.15) is 0 Å². The third-order valence-corrected chi connectivity index (χ3v) is 6.35. The molecule has 1 heterocycles. The second-order valence-corrected chi connectivity index (χ2v) is 10.3. The van der Waals surface area contributed by atoms with Crippen LogP contribution < -0.4 is 9.47 Å².